The average molecular weight is 361 g/mol. The van der Waals surface area contributed by atoms with Gasteiger partial charge in [-0.25, -0.2) is 9.36 Å². The molecule has 4 rings (SSSR count). The molecule has 0 fully saturated rings. The molecule has 0 bridgehead atoms. The Morgan fingerprint density at radius 1 is 1.11 bits per heavy atom. The summed E-state index contributed by atoms with van der Waals surface area (Å²) in [5.74, 6) is 0.163. The van der Waals surface area contributed by atoms with Gasteiger partial charge in [-0.1, -0.05) is 18.2 Å². The maximum Gasteiger partial charge on any atom is 0.335 e. The van der Waals surface area contributed by atoms with Crippen molar-refractivity contribution in [1.29, 1.82) is 0 Å². The number of aromatic nitrogens is 2. The van der Waals surface area contributed by atoms with Gasteiger partial charge in [0.1, 0.15) is 11.3 Å². The Hall–Kier alpha value is -3.87. The predicted molar refractivity (Wildman–Crippen MR) is 103 cm³/mol. The van der Waals surface area contributed by atoms with E-state index < -0.39 is 17.1 Å². The second kappa shape index (κ2) is 6.45. The second-order valence-corrected chi connectivity index (χ2v) is 5.91. The molecule has 3 aromatic rings. The Morgan fingerprint density at radius 3 is 2.59 bits per heavy atom. The number of fused-ring (bicyclic) bond motifs is 1. The lowest BCUT2D eigenvalue weighted by molar-refractivity contribution is 0.414. The molecule has 2 N–H and O–H groups in total. The number of nitrogens with zero attached hydrogens (tertiary/aromatic N) is 2. The third-order valence-corrected chi connectivity index (χ3v) is 4.31. The number of aromatic amines is 1. The van der Waals surface area contributed by atoms with E-state index >= 15 is 0 Å². The Bertz CT molecular complexity index is 1200. The van der Waals surface area contributed by atoms with Crippen LogP contribution in [0.5, 0.6) is 11.6 Å². The summed E-state index contributed by atoms with van der Waals surface area (Å²) >= 11 is 0. The number of rotatable bonds is 3. The number of aromatic hydroxyl groups is 1. The van der Waals surface area contributed by atoms with Crippen molar-refractivity contribution >= 4 is 23.6 Å². The van der Waals surface area contributed by atoms with Crippen LogP contribution in [0.3, 0.4) is 0 Å². The molecule has 2 aromatic carbocycles. The van der Waals surface area contributed by atoms with E-state index in [9.17, 15) is 14.7 Å². The van der Waals surface area contributed by atoms with E-state index in [1.807, 2.05) is 24.3 Å². The molecule has 7 heteroatoms. The highest BCUT2D eigenvalue weighted by atomic mass is 16.5. The Kier molecular flexibility index (Phi) is 3.97. The van der Waals surface area contributed by atoms with E-state index in [1.165, 1.54) is 13.2 Å². The topological polar surface area (TPSA) is 96.7 Å². The Labute approximate surface area is 153 Å². The van der Waals surface area contributed by atoms with Crippen LogP contribution in [0, 0.1) is 0 Å². The van der Waals surface area contributed by atoms with Crippen molar-refractivity contribution in [3.63, 3.8) is 0 Å². The van der Waals surface area contributed by atoms with Gasteiger partial charge in [0.05, 0.1) is 18.5 Å². The zero-order chi connectivity index (χ0) is 19.0. The van der Waals surface area contributed by atoms with E-state index in [0.717, 1.165) is 15.8 Å². The van der Waals surface area contributed by atoms with Crippen LogP contribution in [0.1, 0.15) is 11.1 Å². The first-order valence-corrected chi connectivity index (χ1v) is 8.16. The molecule has 0 saturated heterocycles. The SMILES string of the molecule is COc1ccc(-n2c(O)c(/C=C3/C=Nc4ccccc43)c(=O)[nH]c2=O)cc1. The molecule has 0 unspecified atom stereocenters. The van der Waals surface area contributed by atoms with E-state index in [-0.39, 0.29) is 5.56 Å². The molecule has 1 aliphatic heterocycles. The van der Waals surface area contributed by atoms with Gasteiger partial charge in [0.15, 0.2) is 0 Å². The maximum absolute atomic E-state index is 12.3. The summed E-state index contributed by atoms with van der Waals surface area (Å²) < 4.78 is 6.13. The van der Waals surface area contributed by atoms with E-state index in [4.69, 9.17) is 4.74 Å². The molecular weight excluding hydrogens is 346 g/mol. The third kappa shape index (κ3) is 2.85. The monoisotopic (exact) mass is 361 g/mol. The van der Waals surface area contributed by atoms with Crippen LogP contribution in [0.4, 0.5) is 5.69 Å². The van der Waals surface area contributed by atoms with Gasteiger partial charge in [-0.2, -0.15) is 0 Å². The van der Waals surface area contributed by atoms with Crippen molar-refractivity contribution in [3.8, 4) is 17.3 Å². The molecular formula is C20H15N3O4. The summed E-state index contributed by atoms with van der Waals surface area (Å²) in [4.78, 5) is 31.1. The minimum absolute atomic E-state index is 0.0245. The van der Waals surface area contributed by atoms with Gasteiger partial charge in [-0.05, 0) is 36.4 Å². The number of hydrogen-bond donors (Lipinski definition) is 2. The summed E-state index contributed by atoms with van der Waals surface area (Å²) in [5.41, 5.74) is 1.27. The van der Waals surface area contributed by atoms with Gasteiger partial charge < -0.3 is 9.84 Å². The average Bonchev–Trinajstić information content (AvgIpc) is 3.08. The number of methoxy groups -OCH3 is 1. The number of nitrogens with one attached hydrogen (secondary N) is 1. The van der Waals surface area contributed by atoms with Crippen LogP contribution in [0.25, 0.3) is 17.3 Å². The molecule has 1 aliphatic rings. The molecule has 0 radical (unpaired) electrons. The first kappa shape index (κ1) is 16.6. The predicted octanol–water partition coefficient (Wildman–Crippen LogP) is 2.50. The fraction of sp³-hybridized carbons (Fsp3) is 0.0500. The fourth-order valence-electron chi connectivity index (χ4n) is 2.95. The standard InChI is InChI=1S/C20H15N3O4/c1-27-14-8-6-13(7-9-14)23-19(25)16(18(24)22-20(23)26)10-12-11-21-17-5-3-2-4-15(12)17/h2-11,25H,1H3,(H,22,24,26)/b12-10-. The smallest absolute Gasteiger partial charge is 0.335 e. The van der Waals surface area contributed by atoms with Crippen molar-refractivity contribution in [1.82, 2.24) is 9.55 Å². The van der Waals surface area contributed by atoms with Gasteiger partial charge in [0.2, 0.25) is 5.88 Å². The number of allylic oxidation sites excluding steroid dienone is 1. The lowest BCUT2D eigenvalue weighted by Gasteiger charge is -2.10. The lowest BCUT2D eigenvalue weighted by Crippen LogP contribution is -2.30. The molecule has 0 spiro atoms. The van der Waals surface area contributed by atoms with Crippen molar-refractivity contribution in [2.75, 3.05) is 7.11 Å². The fourth-order valence-corrected chi connectivity index (χ4v) is 2.95. The summed E-state index contributed by atoms with van der Waals surface area (Å²) in [6.07, 6.45) is 3.13. The van der Waals surface area contributed by atoms with Crippen molar-refractivity contribution in [2.24, 2.45) is 4.99 Å². The van der Waals surface area contributed by atoms with Crippen molar-refractivity contribution in [2.45, 2.75) is 0 Å². The molecule has 7 nitrogen and oxygen atoms in total. The largest absolute Gasteiger partial charge is 0.497 e. The van der Waals surface area contributed by atoms with Crippen LogP contribution >= 0.6 is 0 Å². The quantitative estimate of drug-likeness (QED) is 0.749. The zero-order valence-corrected chi connectivity index (χ0v) is 14.3. The molecule has 134 valence electrons. The highest BCUT2D eigenvalue weighted by molar-refractivity contribution is 6.21. The molecule has 0 aliphatic carbocycles. The first-order valence-electron chi connectivity index (χ1n) is 8.16. The lowest BCUT2D eigenvalue weighted by atomic mass is 10.1. The number of para-hydroxylation sites is 1. The number of benzene rings is 2. The van der Waals surface area contributed by atoms with Crippen LogP contribution in [-0.2, 0) is 0 Å². The minimum atomic E-state index is -0.731. The highest BCUT2D eigenvalue weighted by Crippen LogP contribution is 2.32. The summed E-state index contributed by atoms with van der Waals surface area (Å²) in [5, 5.41) is 10.7. The van der Waals surface area contributed by atoms with Crippen LogP contribution in [0.2, 0.25) is 0 Å². The molecule has 0 amide bonds. The summed E-state index contributed by atoms with van der Waals surface area (Å²) in [6, 6.07) is 14.0. The molecule has 0 atom stereocenters. The zero-order valence-electron chi connectivity index (χ0n) is 14.3. The maximum atomic E-state index is 12.3. The van der Waals surface area contributed by atoms with Gasteiger partial charge in [0.25, 0.3) is 5.56 Å². The summed E-state index contributed by atoms with van der Waals surface area (Å²) in [6.45, 7) is 0. The number of H-pyrrole nitrogens is 1. The number of aliphatic imine (C=N–C) groups is 1. The molecule has 0 saturated carbocycles. The third-order valence-electron chi connectivity index (χ3n) is 4.31. The van der Waals surface area contributed by atoms with E-state index in [2.05, 4.69) is 9.98 Å². The second-order valence-electron chi connectivity index (χ2n) is 5.91. The normalized spacial score (nSPS) is 13.7. The van der Waals surface area contributed by atoms with Gasteiger partial charge >= 0.3 is 5.69 Å². The molecule has 1 aromatic heterocycles. The van der Waals surface area contributed by atoms with Gasteiger partial charge in [0, 0.05) is 17.4 Å². The van der Waals surface area contributed by atoms with Crippen molar-refractivity contribution in [3.05, 3.63) is 80.5 Å². The van der Waals surface area contributed by atoms with Crippen molar-refractivity contribution < 1.29 is 9.84 Å². The van der Waals surface area contributed by atoms with Crippen LogP contribution in [0.15, 0.2) is 63.1 Å². The van der Waals surface area contributed by atoms with Gasteiger partial charge in [-0.15, -0.1) is 0 Å². The minimum Gasteiger partial charge on any atom is -0.497 e. The Balaban J connectivity index is 1.88. The van der Waals surface area contributed by atoms with Crippen LogP contribution in [-0.4, -0.2) is 28.0 Å². The summed E-state index contributed by atoms with van der Waals surface area (Å²) in [7, 11) is 1.53. The first-order chi connectivity index (χ1) is 13.1. The highest BCUT2D eigenvalue weighted by Gasteiger charge is 2.17. The molecule has 2 heterocycles. The molecule has 27 heavy (non-hydrogen) atoms. The Morgan fingerprint density at radius 2 is 1.85 bits per heavy atom. The van der Waals surface area contributed by atoms with Gasteiger partial charge in [-0.3, -0.25) is 14.8 Å². The van der Waals surface area contributed by atoms with Crippen LogP contribution < -0.4 is 16.0 Å². The van der Waals surface area contributed by atoms with E-state index in [1.54, 1.807) is 30.5 Å². The number of ether oxygens (including phenoxy) is 1. The number of hydrogen-bond acceptors (Lipinski definition) is 5. The van der Waals surface area contributed by atoms with E-state index in [0.29, 0.717) is 17.0 Å².